The van der Waals surface area contributed by atoms with E-state index in [1.54, 1.807) is 35.4 Å². The molecule has 0 bridgehead atoms. The summed E-state index contributed by atoms with van der Waals surface area (Å²) < 4.78 is 30.0. The summed E-state index contributed by atoms with van der Waals surface area (Å²) in [5.41, 5.74) is -0.772. The zero-order chi connectivity index (χ0) is 28.5. The van der Waals surface area contributed by atoms with Crippen LogP contribution >= 0.6 is 0 Å². The predicted molar refractivity (Wildman–Crippen MR) is 156 cm³/mol. The Kier molecular flexibility index (Phi) is 8.93. The molecule has 3 rings (SSSR count). The third-order valence-electron chi connectivity index (χ3n) is 8.10. The molecule has 0 aromatic heterocycles. The first-order valence-electron chi connectivity index (χ1n) is 13.0. The first-order chi connectivity index (χ1) is 17.8. The molecule has 0 fully saturated rings. The maximum atomic E-state index is 11.7. The maximum Gasteiger partial charge on any atom is 0.191 e. The van der Waals surface area contributed by atoms with Crippen LogP contribution in [0.4, 0.5) is 0 Å². The average Bonchev–Trinajstić information content (AvgIpc) is 2.85. The Morgan fingerprint density at radius 2 is 1.37 bits per heavy atom. The minimum absolute atomic E-state index is 0.0449. The van der Waals surface area contributed by atoms with Crippen molar-refractivity contribution in [3.05, 3.63) is 35.9 Å². The largest absolute Gasteiger partial charge is 0.496 e. The van der Waals surface area contributed by atoms with Gasteiger partial charge in [0.1, 0.15) is 23.0 Å². The van der Waals surface area contributed by atoms with Crippen LogP contribution in [0.1, 0.15) is 39.7 Å². The summed E-state index contributed by atoms with van der Waals surface area (Å²) in [5.74, 6) is 2.36. The van der Waals surface area contributed by atoms with E-state index in [0.717, 1.165) is 10.8 Å². The molecule has 0 unspecified atom stereocenters. The lowest BCUT2D eigenvalue weighted by molar-refractivity contribution is -0.0778. The zero-order valence-electron chi connectivity index (χ0n) is 24.5. The number of hydrogen-bond acceptors (Lipinski definition) is 7. The standard InChI is InChI=1S/C30H44O7Si/c1-19(31)30(32,15-16-37-38(9,10)29(2,3)4)18-20-17-23(33-5)24-25(26(20)34-6)28(36-8)22-14-12-11-13-21(22)27(24)35-7/h11-14,17,19,31-32H,15-16,18H2,1-10H3/t19-,30+/m0/s1. The van der Waals surface area contributed by atoms with Crippen LogP contribution in [0.3, 0.4) is 0 Å². The Morgan fingerprint density at radius 3 is 1.82 bits per heavy atom. The van der Waals surface area contributed by atoms with Crippen LogP contribution in [0.2, 0.25) is 18.1 Å². The van der Waals surface area contributed by atoms with Gasteiger partial charge in [-0.2, -0.15) is 0 Å². The third-order valence-corrected chi connectivity index (χ3v) is 12.6. The Bertz CT molecular complexity index is 1280. The number of aliphatic hydroxyl groups excluding tert-OH is 1. The van der Waals surface area contributed by atoms with Crippen molar-refractivity contribution < 1.29 is 33.6 Å². The van der Waals surface area contributed by atoms with Gasteiger partial charge in [-0.05, 0) is 31.1 Å². The number of ether oxygens (including phenoxy) is 4. The number of fused-ring (bicyclic) bond motifs is 2. The highest BCUT2D eigenvalue weighted by Gasteiger charge is 2.40. The Morgan fingerprint density at radius 1 is 0.842 bits per heavy atom. The second-order valence-electron chi connectivity index (χ2n) is 11.4. The molecule has 38 heavy (non-hydrogen) atoms. The Hall–Kier alpha value is -2.52. The number of hydrogen-bond donors (Lipinski definition) is 2. The molecule has 0 saturated heterocycles. The van der Waals surface area contributed by atoms with E-state index in [1.165, 1.54) is 0 Å². The molecular formula is C30H44O7Si. The van der Waals surface area contributed by atoms with Gasteiger partial charge >= 0.3 is 0 Å². The predicted octanol–water partition coefficient (Wildman–Crippen LogP) is 6.09. The molecule has 0 aliphatic rings. The highest BCUT2D eigenvalue weighted by Crippen LogP contribution is 2.51. The average molecular weight is 545 g/mol. The van der Waals surface area contributed by atoms with E-state index in [9.17, 15) is 10.2 Å². The molecule has 0 radical (unpaired) electrons. The highest BCUT2D eigenvalue weighted by molar-refractivity contribution is 6.74. The fourth-order valence-corrected chi connectivity index (χ4v) is 5.75. The molecule has 3 aromatic carbocycles. The van der Waals surface area contributed by atoms with Gasteiger partial charge in [-0.25, -0.2) is 0 Å². The van der Waals surface area contributed by atoms with Crippen molar-refractivity contribution in [1.29, 1.82) is 0 Å². The van der Waals surface area contributed by atoms with Gasteiger partial charge in [-0.3, -0.25) is 0 Å². The van der Waals surface area contributed by atoms with Crippen LogP contribution in [0.25, 0.3) is 21.5 Å². The quantitative estimate of drug-likeness (QED) is 0.223. The van der Waals surface area contributed by atoms with Gasteiger partial charge in [0, 0.05) is 35.8 Å². The van der Waals surface area contributed by atoms with E-state index in [-0.39, 0.29) is 17.9 Å². The van der Waals surface area contributed by atoms with E-state index < -0.39 is 20.0 Å². The summed E-state index contributed by atoms with van der Waals surface area (Å²) in [5, 5.41) is 25.7. The molecule has 8 heteroatoms. The molecule has 0 saturated carbocycles. The molecule has 0 spiro atoms. The molecule has 3 aromatic rings. The van der Waals surface area contributed by atoms with Gasteiger partial charge in [0.2, 0.25) is 0 Å². The van der Waals surface area contributed by atoms with Crippen molar-refractivity contribution in [2.45, 2.75) is 70.4 Å². The summed E-state index contributed by atoms with van der Waals surface area (Å²) in [6, 6.07) is 9.69. The van der Waals surface area contributed by atoms with Crippen molar-refractivity contribution in [3.63, 3.8) is 0 Å². The van der Waals surface area contributed by atoms with Gasteiger partial charge in [0.05, 0.1) is 50.9 Å². The van der Waals surface area contributed by atoms with Crippen LogP contribution in [0.15, 0.2) is 30.3 Å². The lowest BCUT2D eigenvalue weighted by atomic mass is 9.85. The minimum Gasteiger partial charge on any atom is -0.496 e. The van der Waals surface area contributed by atoms with Crippen molar-refractivity contribution >= 4 is 29.9 Å². The van der Waals surface area contributed by atoms with Gasteiger partial charge in [0.25, 0.3) is 0 Å². The summed E-state index contributed by atoms with van der Waals surface area (Å²) in [7, 11) is 4.42. The molecule has 0 aliphatic carbocycles. The third kappa shape index (κ3) is 5.45. The first-order valence-corrected chi connectivity index (χ1v) is 15.9. The van der Waals surface area contributed by atoms with E-state index in [4.69, 9.17) is 23.4 Å². The second-order valence-corrected chi connectivity index (χ2v) is 16.3. The number of methoxy groups -OCH3 is 4. The monoisotopic (exact) mass is 544 g/mol. The lowest BCUT2D eigenvalue weighted by Gasteiger charge is -2.38. The molecule has 0 heterocycles. The summed E-state index contributed by atoms with van der Waals surface area (Å²) in [6.07, 6.45) is -0.622. The fourth-order valence-electron chi connectivity index (χ4n) is 4.71. The van der Waals surface area contributed by atoms with Gasteiger partial charge in [-0.15, -0.1) is 0 Å². The topological polar surface area (TPSA) is 86.6 Å². The van der Waals surface area contributed by atoms with Gasteiger partial charge < -0.3 is 33.6 Å². The SMILES string of the molecule is COc1cc(C[C@](O)(CCO[Si](C)(C)C(C)(C)C)[C@H](C)O)c(OC)c2c(OC)c3ccccc3c(OC)c12. The molecule has 2 atom stereocenters. The molecular weight excluding hydrogens is 500 g/mol. The summed E-state index contributed by atoms with van der Waals surface area (Å²) in [6.45, 7) is 12.8. The van der Waals surface area contributed by atoms with Crippen molar-refractivity contribution in [2.24, 2.45) is 0 Å². The summed E-state index contributed by atoms with van der Waals surface area (Å²) >= 11 is 0. The molecule has 7 nitrogen and oxygen atoms in total. The van der Waals surface area contributed by atoms with Crippen LogP contribution in [0.5, 0.6) is 23.0 Å². The van der Waals surface area contributed by atoms with E-state index in [1.807, 2.05) is 30.3 Å². The fraction of sp³-hybridized carbons (Fsp3) is 0.533. The Balaban J connectivity index is 2.19. The maximum absolute atomic E-state index is 11.7. The highest BCUT2D eigenvalue weighted by atomic mass is 28.4. The molecule has 2 N–H and O–H groups in total. The molecule has 210 valence electrons. The van der Waals surface area contributed by atoms with Gasteiger partial charge in [0.15, 0.2) is 8.32 Å². The van der Waals surface area contributed by atoms with E-state index >= 15 is 0 Å². The first kappa shape index (κ1) is 30.0. The van der Waals surface area contributed by atoms with Crippen LogP contribution in [-0.2, 0) is 10.8 Å². The molecule has 0 aliphatic heterocycles. The smallest absolute Gasteiger partial charge is 0.191 e. The van der Waals surface area contributed by atoms with Gasteiger partial charge in [-0.1, -0.05) is 45.0 Å². The molecule has 0 amide bonds. The number of benzene rings is 3. The van der Waals surface area contributed by atoms with Crippen LogP contribution < -0.4 is 18.9 Å². The summed E-state index contributed by atoms with van der Waals surface area (Å²) in [4.78, 5) is 0. The van der Waals surface area contributed by atoms with Crippen molar-refractivity contribution in [3.8, 4) is 23.0 Å². The normalized spacial score (nSPS) is 14.8. The van der Waals surface area contributed by atoms with Crippen LogP contribution in [-0.4, -0.2) is 65.3 Å². The minimum atomic E-state index is -2.02. The van der Waals surface area contributed by atoms with E-state index in [2.05, 4.69) is 33.9 Å². The number of aliphatic hydroxyl groups is 2. The van der Waals surface area contributed by atoms with Crippen molar-refractivity contribution in [2.75, 3.05) is 35.0 Å². The van der Waals surface area contributed by atoms with Crippen LogP contribution in [0, 0.1) is 0 Å². The lowest BCUT2D eigenvalue weighted by Crippen LogP contribution is -2.46. The Labute approximate surface area is 227 Å². The number of rotatable bonds is 11. The van der Waals surface area contributed by atoms with E-state index in [0.29, 0.717) is 45.9 Å². The van der Waals surface area contributed by atoms with Crippen molar-refractivity contribution in [1.82, 2.24) is 0 Å². The second kappa shape index (κ2) is 11.3. The zero-order valence-corrected chi connectivity index (χ0v) is 25.5.